The van der Waals surface area contributed by atoms with Crippen LogP contribution in [0.3, 0.4) is 0 Å². The van der Waals surface area contributed by atoms with Gasteiger partial charge in [0, 0.05) is 17.0 Å². The zero-order chi connectivity index (χ0) is 20.9. The van der Waals surface area contributed by atoms with Crippen LogP contribution in [0, 0.1) is 11.3 Å². The third-order valence-corrected chi connectivity index (χ3v) is 8.47. The molecule has 1 fully saturated rings. The van der Waals surface area contributed by atoms with E-state index in [0.29, 0.717) is 11.6 Å². The van der Waals surface area contributed by atoms with Gasteiger partial charge >= 0.3 is 6.03 Å². The van der Waals surface area contributed by atoms with Crippen molar-refractivity contribution >= 4 is 24.8 Å². The highest BCUT2D eigenvalue weighted by molar-refractivity contribution is 7.64. The van der Waals surface area contributed by atoms with Crippen LogP contribution in [0.2, 0.25) is 0 Å². The lowest BCUT2D eigenvalue weighted by atomic mass is 9.72. The quantitative estimate of drug-likeness (QED) is 0.477. The summed E-state index contributed by atoms with van der Waals surface area (Å²) in [7, 11) is -3.20. The predicted octanol–water partition coefficient (Wildman–Crippen LogP) is 6.72. The number of benzene rings is 2. The van der Waals surface area contributed by atoms with Crippen molar-refractivity contribution in [3.05, 3.63) is 60.7 Å². The van der Waals surface area contributed by atoms with Crippen LogP contribution in [0.5, 0.6) is 0 Å². The Morgan fingerprint density at radius 2 is 1.38 bits per heavy atom. The van der Waals surface area contributed by atoms with Crippen molar-refractivity contribution in [3.8, 4) is 0 Å². The first-order chi connectivity index (χ1) is 13.8. The average Bonchev–Trinajstić information content (AvgIpc) is 2.69. The lowest BCUT2D eigenvalue weighted by Gasteiger charge is -2.39. The highest BCUT2D eigenvalue weighted by Crippen LogP contribution is 2.54. The molecule has 0 saturated heterocycles. The van der Waals surface area contributed by atoms with Gasteiger partial charge in [0.15, 0.2) is 0 Å². The Morgan fingerprint density at radius 1 is 0.862 bits per heavy atom. The van der Waals surface area contributed by atoms with Gasteiger partial charge in [0.05, 0.1) is 0 Å². The molecule has 1 atom stereocenters. The van der Waals surface area contributed by atoms with Crippen molar-refractivity contribution in [1.82, 2.24) is 5.09 Å². The van der Waals surface area contributed by atoms with E-state index in [-0.39, 0.29) is 11.1 Å². The van der Waals surface area contributed by atoms with Gasteiger partial charge in [0.2, 0.25) is 0 Å². The van der Waals surface area contributed by atoms with Crippen LogP contribution in [-0.4, -0.2) is 11.7 Å². The second kappa shape index (κ2) is 9.04. The fourth-order valence-corrected chi connectivity index (χ4v) is 6.39. The average molecular weight is 414 g/mol. The molecule has 2 aromatic carbocycles. The van der Waals surface area contributed by atoms with Crippen LogP contribution in [0.4, 0.5) is 16.2 Å². The Bertz CT molecular complexity index is 841. The molecule has 0 aliphatic heterocycles. The van der Waals surface area contributed by atoms with Gasteiger partial charge in [-0.25, -0.2) is 4.79 Å². The number of amides is 2. The molecule has 3 N–H and O–H groups in total. The first kappa shape index (κ1) is 21.4. The number of carbonyl (C=O) groups is 1. The highest BCUT2D eigenvalue weighted by Gasteiger charge is 2.40. The number of nitrogens with one attached hydrogen (secondary N) is 3. The van der Waals surface area contributed by atoms with E-state index >= 15 is 0 Å². The third kappa shape index (κ3) is 5.86. The van der Waals surface area contributed by atoms with E-state index in [1.54, 1.807) is 0 Å². The molecule has 5 nitrogen and oxygen atoms in total. The monoisotopic (exact) mass is 413 g/mol. The zero-order valence-electron chi connectivity index (χ0n) is 17.5. The van der Waals surface area contributed by atoms with Crippen LogP contribution >= 0.6 is 7.44 Å². The van der Waals surface area contributed by atoms with E-state index in [4.69, 9.17) is 0 Å². The van der Waals surface area contributed by atoms with Crippen LogP contribution in [0.15, 0.2) is 60.7 Å². The van der Waals surface area contributed by atoms with E-state index in [2.05, 4.69) is 36.3 Å². The van der Waals surface area contributed by atoms with Crippen LogP contribution in [-0.2, 0) is 4.57 Å². The summed E-state index contributed by atoms with van der Waals surface area (Å²) in [6.07, 6.45) is 3.72. The number of urea groups is 1. The van der Waals surface area contributed by atoms with Gasteiger partial charge < -0.3 is 10.4 Å². The van der Waals surface area contributed by atoms with E-state index in [1.807, 2.05) is 60.7 Å². The molecule has 0 heterocycles. The molecule has 1 unspecified atom stereocenters. The molecule has 29 heavy (non-hydrogen) atoms. The van der Waals surface area contributed by atoms with Crippen molar-refractivity contribution in [2.75, 3.05) is 10.4 Å². The molecule has 0 spiro atoms. The predicted molar refractivity (Wildman–Crippen MR) is 121 cm³/mol. The summed E-state index contributed by atoms with van der Waals surface area (Å²) in [4.78, 5) is 12.7. The lowest BCUT2D eigenvalue weighted by molar-refractivity contribution is 0.180. The second-order valence-corrected chi connectivity index (χ2v) is 11.4. The van der Waals surface area contributed by atoms with Crippen molar-refractivity contribution in [2.45, 2.75) is 52.1 Å². The summed E-state index contributed by atoms with van der Waals surface area (Å²) < 4.78 is 14.0. The molecule has 156 valence electrons. The normalized spacial score (nSPS) is 21.6. The first-order valence-electron chi connectivity index (χ1n) is 10.3. The Kier molecular flexibility index (Phi) is 6.69. The molecule has 1 saturated carbocycles. The van der Waals surface area contributed by atoms with Crippen LogP contribution < -0.4 is 15.5 Å². The lowest BCUT2D eigenvalue weighted by Crippen LogP contribution is -2.36. The fourth-order valence-electron chi connectivity index (χ4n) is 4.05. The van der Waals surface area contributed by atoms with Gasteiger partial charge in [-0.3, -0.25) is 9.65 Å². The van der Waals surface area contributed by atoms with E-state index in [9.17, 15) is 9.36 Å². The number of hydrogen-bond acceptors (Lipinski definition) is 2. The second-order valence-electron chi connectivity index (χ2n) is 8.94. The molecular formula is C23H32N3O2P. The molecule has 0 radical (unpaired) electrons. The summed E-state index contributed by atoms with van der Waals surface area (Å²) in [6, 6.07) is 18.2. The van der Waals surface area contributed by atoms with Gasteiger partial charge in [-0.2, -0.15) is 0 Å². The van der Waals surface area contributed by atoms with Crippen molar-refractivity contribution in [3.63, 3.8) is 0 Å². The van der Waals surface area contributed by atoms with Crippen LogP contribution in [0.25, 0.3) is 0 Å². The van der Waals surface area contributed by atoms with E-state index < -0.39 is 13.5 Å². The highest BCUT2D eigenvalue weighted by atomic mass is 31.2. The minimum absolute atomic E-state index is 0.0807. The first-order valence-corrected chi connectivity index (χ1v) is 12.1. The molecule has 1 aliphatic rings. The number of anilines is 2. The fraction of sp³-hybridized carbons (Fsp3) is 0.435. The molecule has 1 aliphatic carbocycles. The Balaban J connectivity index is 1.75. The smallest absolute Gasteiger partial charge is 0.320 e. The SMILES string of the molecule is CC(C)(C)C1CCC(P(=O)(NC(=O)Nc2ccccc2)Nc2ccccc2)CC1. The molecule has 2 amide bonds. The molecule has 3 rings (SSSR count). The number of hydrogen-bond donors (Lipinski definition) is 3. The maximum atomic E-state index is 14.0. The van der Waals surface area contributed by atoms with E-state index in [1.165, 1.54) is 0 Å². The minimum atomic E-state index is -3.20. The number of para-hydroxylation sites is 2. The Morgan fingerprint density at radius 3 is 1.90 bits per heavy atom. The molecule has 2 aromatic rings. The van der Waals surface area contributed by atoms with E-state index in [0.717, 1.165) is 31.4 Å². The van der Waals surface area contributed by atoms with Crippen molar-refractivity contribution in [1.29, 1.82) is 0 Å². The van der Waals surface area contributed by atoms with Gasteiger partial charge in [0.1, 0.15) is 0 Å². The molecule has 0 bridgehead atoms. The summed E-state index contributed by atoms with van der Waals surface area (Å²) >= 11 is 0. The summed E-state index contributed by atoms with van der Waals surface area (Å²) in [5.74, 6) is 0.613. The Labute approximate surface area is 174 Å². The van der Waals surface area contributed by atoms with Gasteiger partial charge in [-0.15, -0.1) is 0 Å². The van der Waals surface area contributed by atoms with Crippen molar-refractivity contribution in [2.24, 2.45) is 11.3 Å². The van der Waals surface area contributed by atoms with Gasteiger partial charge in [0.25, 0.3) is 7.44 Å². The molecule has 6 heteroatoms. The maximum absolute atomic E-state index is 14.0. The van der Waals surface area contributed by atoms with Crippen LogP contribution in [0.1, 0.15) is 46.5 Å². The minimum Gasteiger partial charge on any atom is -0.320 e. The third-order valence-electron chi connectivity index (χ3n) is 5.80. The largest absolute Gasteiger partial charge is 0.325 e. The van der Waals surface area contributed by atoms with Crippen molar-refractivity contribution < 1.29 is 9.36 Å². The van der Waals surface area contributed by atoms with Gasteiger partial charge in [-0.1, -0.05) is 57.2 Å². The zero-order valence-corrected chi connectivity index (χ0v) is 18.4. The van der Waals surface area contributed by atoms with Gasteiger partial charge in [-0.05, 0) is 61.3 Å². The summed E-state index contributed by atoms with van der Waals surface area (Å²) in [5, 5.41) is 8.78. The molecular weight excluding hydrogens is 381 g/mol. The number of rotatable bonds is 5. The summed E-state index contributed by atoms with van der Waals surface area (Å²) in [6.45, 7) is 6.81. The standard InChI is InChI=1S/C23H32N3O2P/c1-23(2,3)18-14-16-21(17-15-18)29(28,25-20-12-8-5-9-13-20)26-22(27)24-19-10-6-4-7-11-19/h4-13,18,21H,14-17H2,1-3H3,(H3,24,25,26,27,28). The molecule has 0 aromatic heterocycles. The topological polar surface area (TPSA) is 70.2 Å². The summed E-state index contributed by atoms with van der Waals surface area (Å²) in [5.41, 5.74) is 1.60. The number of carbonyl (C=O) groups excluding carboxylic acids is 1. The Hall–Kier alpha value is -2.26. The maximum Gasteiger partial charge on any atom is 0.325 e.